The summed E-state index contributed by atoms with van der Waals surface area (Å²) in [6.07, 6.45) is 1.70. The standard InChI is InChI=1S/C32H34FN3O4/c1-16(2)30-34-19(5)27(35-30)26-14-23-29(40-26)24(15-36(8)31(23)37)22-13-20(32(6,7)38)9-10-25(22)39-28-17(3)11-21(33)12-18(28)4/h9-16,38H,1-8H3,(H,34,35). The lowest BCUT2D eigenvalue weighted by Crippen LogP contribution is -2.17. The van der Waals surface area contributed by atoms with E-state index in [0.29, 0.717) is 61.7 Å². The molecule has 0 saturated heterocycles. The summed E-state index contributed by atoms with van der Waals surface area (Å²) in [6, 6.07) is 9.98. The maximum atomic E-state index is 14.0. The summed E-state index contributed by atoms with van der Waals surface area (Å²) in [4.78, 5) is 21.3. The zero-order valence-electron chi connectivity index (χ0n) is 24.1. The van der Waals surface area contributed by atoms with Crippen molar-refractivity contribution in [1.82, 2.24) is 14.5 Å². The minimum absolute atomic E-state index is 0.197. The van der Waals surface area contributed by atoms with Crippen molar-refractivity contribution in [2.75, 3.05) is 0 Å². The van der Waals surface area contributed by atoms with Gasteiger partial charge in [0.25, 0.3) is 5.56 Å². The van der Waals surface area contributed by atoms with Gasteiger partial charge in [0.15, 0.2) is 5.76 Å². The number of hydrogen-bond donors (Lipinski definition) is 2. The molecule has 0 unspecified atom stereocenters. The average molecular weight is 544 g/mol. The van der Waals surface area contributed by atoms with Crippen LogP contribution < -0.4 is 10.3 Å². The quantitative estimate of drug-likeness (QED) is 0.233. The van der Waals surface area contributed by atoms with Gasteiger partial charge < -0.3 is 23.8 Å². The molecule has 0 bridgehead atoms. The smallest absolute Gasteiger partial charge is 0.261 e. The minimum atomic E-state index is -1.14. The predicted molar refractivity (Wildman–Crippen MR) is 154 cm³/mol. The van der Waals surface area contributed by atoms with Crippen LogP contribution in [0.3, 0.4) is 0 Å². The number of fused-ring (bicyclic) bond motifs is 1. The van der Waals surface area contributed by atoms with Crippen molar-refractivity contribution < 1.29 is 18.7 Å². The molecule has 0 aliphatic carbocycles. The highest BCUT2D eigenvalue weighted by molar-refractivity contribution is 5.95. The molecule has 5 rings (SSSR count). The minimum Gasteiger partial charge on any atom is -0.456 e. The van der Waals surface area contributed by atoms with Crippen LogP contribution in [0, 0.1) is 26.6 Å². The van der Waals surface area contributed by atoms with Crippen molar-refractivity contribution in [2.45, 2.75) is 60.0 Å². The number of aliphatic hydroxyl groups is 1. The summed E-state index contributed by atoms with van der Waals surface area (Å²) >= 11 is 0. The number of halogens is 1. The second-order valence-corrected chi connectivity index (χ2v) is 11.3. The highest BCUT2D eigenvalue weighted by Gasteiger charge is 2.24. The molecule has 0 aliphatic rings. The Hall–Kier alpha value is -4.17. The van der Waals surface area contributed by atoms with Gasteiger partial charge in [-0.05, 0) is 81.6 Å². The Morgan fingerprint density at radius 2 is 1.75 bits per heavy atom. The summed E-state index contributed by atoms with van der Waals surface area (Å²) in [5, 5.41) is 11.2. The Kier molecular flexibility index (Phi) is 6.70. The van der Waals surface area contributed by atoms with Crippen LogP contribution in [0.4, 0.5) is 4.39 Å². The van der Waals surface area contributed by atoms with Crippen LogP contribution in [0.25, 0.3) is 33.6 Å². The van der Waals surface area contributed by atoms with Gasteiger partial charge in [-0.2, -0.15) is 0 Å². The molecule has 2 N–H and O–H groups in total. The van der Waals surface area contributed by atoms with Gasteiger partial charge in [-0.25, -0.2) is 9.37 Å². The number of ether oxygens (including phenoxy) is 1. The number of furan rings is 1. The predicted octanol–water partition coefficient (Wildman–Crippen LogP) is 7.40. The first-order chi connectivity index (χ1) is 18.7. The average Bonchev–Trinajstić information content (AvgIpc) is 3.47. The first-order valence-corrected chi connectivity index (χ1v) is 13.3. The third-order valence-electron chi connectivity index (χ3n) is 7.15. The van der Waals surface area contributed by atoms with Crippen LogP contribution in [-0.2, 0) is 12.6 Å². The Labute approximate surface area is 232 Å². The summed E-state index contributed by atoms with van der Waals surface area (Å²) in [5.41, 5.74) is 3.71. The number of benzene rings is 2. The van der Waals surface area contributed by atoms with Gasteiger partial charge >= 0.3 is 0 Å². The molecule has 7 nitrogen and oxygen atoms in total. The molecule has 8 heteroatoms. The number of nitrogens with zero attached hydrogens (tertiary/aromatic N) is 2. The lowest BCUT2D eigenvalue weighted by molar-refractivity contribution is 0.0786. The van der Waals surface area contributed by atoms with E-state index in [1.54, 1.807) is 59.1 Å². The third-order valence-corrected chi connectivity index (χ3v) is 7.15. The molecule has 0 saturated carbocycles. The molecule has 0 aliphatic heterocycles. The molecule has 40 heavy (non-hydrogen) atoms. The van der Waals surface area contributed by atoms with Crippen molar-refractivity contribution >= 4 is 11.0 Å². The molecule has 0 atom stereocenters. The van der Waals surface area contributed by atoms with Gasteiger partial charge in [-0.15, -0.1) is 0 Å². The van der Waals surface area contributed by atoms with Crippen molar-refractivity contribution in [3.05, 3.63) is 87.0 Å². The largest absolute Gasteiger partial charge is 0.456 e. The fraction of sp³-hybridized carbons (Fsp3) is 0.312. The van der Waals surface area contributed by atoms with Crippen LogP contribution in [0.5, 0.6) is 11.5 Å². The van der Waals surface area contributed by atoms with Crippen LogP contribution in [0.15, 0.2) is 51.8 Å². The SMILES string of the molecule is Cc1cc(F)cc(C)c1Oc1ccc(C(C)(C)O)cc1-c1cn(C)c(=O)c2cc(-c3nc(C(C)C)[nH]c3C)oc12. The van der Waals surface area contributed by atoms with E-state index in [9.17, 15) is 14.3 Å². The number of rotatable bonds is 6. The maximum Gasteiger partial charge on any atom is 0.261 e. The molecular formula is C32H34FN3O4. The number of aryl methyl sites for hydroxylation is 4. The molecule has 5 aromatic rings. The molecule has 0 amide bonds. The Morgan fingerprint density at radius 1 is 1.07 bits per heavy atom. The number of aromatic amines is 1. The highest BCUT2D eigenvalue weighted by atomic mass is 19.1. The topological polar surface area (TPSA) is 93.3 Å². The Bertz CT molecular complexity index is 1800. The van der Waals surface area contributed by atoms with Crippen molar-refractivity contribution in [1.29, 1.82) is 0 Å². The van der Waals surface area contributed by atoms with Crippen LogP contribution in [-0.4, -0.2) is 19.6 Å². The van der Waals surface area contributed by atoms with Crippen molar-refractivity contribution in [3.63, 3.8) is 0 Å². The summed E-state index contributed by atoms with van der Waals surface area (Å²) in [7, 11) is 1.68. The normalized spacial score (nSPS) is 12.1. The van der Waals surface area contributed by atoms with Crippen LogP contribution in [0.2, 0.25) is 0 Å². The van der Waals surface area contributed by atoms with Gasteiger partial charge in [0.1, 0.15) is 34.4 Å². The zero-order chi connectivity index (χ0) is 29.1. The van der Waals surface area contributed by atoms with Gasteiger partial charge in [0.05, 0.1) is 11.0 Å². The van der Waals surface area contributed by atoms with Gasteiger partial charge in [-0.3, -0.25) is 4.79 Å². The maximum absolute atomic E-state index is 14.0. The first kappa shape index (κ1) is 27.4. The van der Waals surface area contributed by atoms with Gasteiger partial charge in [0.2, 0.25) is 0 Å². The zero-order valence-corrected chi connectivity index (χ0v) is 24.1. The molecule has 208 valence electrons. The Morgan fingerprint density at radius 3 is 2.35 bits per heavy atom. The van der Waals surface area contributed by atoms with Gasteiger partial charge in [-0.1, -0.05) is 19.9 Å². The summed E-state index contributed by atoms with van der Waals surface area (Å²) < 4.78 is 28.3. The van der Waals surface area contributed by atoms with Crippen LogP contribution >= 0.6 is 0 Å². The van der Waals surface area contributed by atoms with Crippen LogP contribution in [0.1, 0.15) is 61.8 Å². The number of H-pyrrole nitrogens is 1. The molecular weight excluding hydrogens is 509 g/mol. The number of aromatic nitrogens is 3. The third kappa shape index (κ3) is 4.84. The van der Waals surface area contributed by atoms with E-state index < -0.39 is 5.60 Å². The molecule has 3 heterocycles. The number of nitrogens with one attached hydrogen (secondary N) is 1. The lowest BCUT2D eigenvalue weighted by atomic mass is 9.93. The number of hydrogen-bond acceptors (Lipinski definition) is 5. The highest BCUT2D eigenvalue weighted by Crippen LogP contribution is 2.42. The first-order valence-electron chi connectivity index (χ1n) is 13.3. The Balaban J connectivity index is 1.77. The van der Waals surface area contributed by atoms with E-state index in [1.807, 2.05) is 13.0 Å². The van der Waals surface area contributed by atoms with E-state index in [0.717, 1.165) is 11.5 Å². The number of imidazole rings is 1. The van der Waals surface area contributed by atoms with E-state index >= 15 is 0 Å². The second-order valence-electron chi connectivity index (χ2n) is 11.3. The molecule has 3 aromatic heterocycles. The molecule has 2 aromatic carbocycles. The van der Waals surface area contributed by atoms with E-state index in [1.165, 1.54) is 16.7 Å². The lowest BCUT2D eigenvalue weighted by Gasteiger charge is -2.21. The second kappa shape index (κ2) is 9.78. The summed E-state index contributed by atoms with van der Waals surface area (Å²) in [6.45, 7) is 13.0. The fourth-order valence-corrected chi connectivity index (χ4v) is 4.93. The summed E-state index contributed by atoms with van der Waals surface area (Å²) in [5.74, 6) is 2.18. The van der Waals surface area contributed by atoms with E-state index in [4.69, 9.17) is 14.1 Å². The number of pyridine rings is 1. The molecule has 0 fully saturated rings. The van der Waals surface area contributed by atoms with Crippen molar-refractivity contribution in [2.24, 2.45) is 7.05 Å². The monoisotopic (exact) mass is 543 g/mol. The molecule has 0 spiro atoms. The van der Waals surface area contributed by atoms with Gasteiger partial charge in [0, 0.05) is 36.0 Å². The fourth-order valence-electron chi connectivity index (χ4n) is 4.93. The van der Waals surface area contributed by atoms with Crippen molar-refractivity contribution in [3.8, 4) is 34.1 Å². The molecule has 0 radical (unpaired) electrons. The van der Waals surface area contributed by atoms with E-state index in [2.05, 4.69) is 18.8 Å². The van der Waals surface area contributed by atoms with E-state index in [-0.39, 0.29) is 17.3 Å².